The molecule has 0 aromatic carbocycles. The molecule has 0 aromatic heterocycles. The molecule has 0 aliphatic heterocycles. The first-order valence-corrected chi connectivity index (χ1v) is 3.21. The molecule has 9 heavy (non-hydrogen) atoms. The van der Waals surface area contributed by atoms with E-state index < -0.39 is 0 Å². The van der Waals surface area contributed by atoms with E-state index in [2.05, 4.69) is 9.98 Å². The van der Waals surface area contributed by atoms with Gasteiger partial charge in [-0.25, -0.2) is 4.99 Å². The van der Waals surface area contributed by atoms with Crippen LogP contribution >= 0.6 is 34.8 Å². The second-order valence-electron chi connectivity index (χ2n) is 0.981. The lowest BCUT2D eigenvalue weighted by molar-refractivity contribution is 1.36. The summed E-state index contributed by atoms with van der Waals surface area (Å²) in [6.45, 7) is 0. The van der Waals surface area contributed by atoms with Crippen molar-refractivity contribution in [2.24, 2.45) is 15.7 Å². The number of nitrogens with two attached hydrogens (primary N) is 1. The lowest BCUT2D eigenvalue weighted by Crippen LogP contribution is -2.03. The molecule has 52 valence electrons. The van der Waals surface area contributed by atoms with Gasteiger partial charge in [0.25, 0.3) is 0 Å². The van der Waals surface area contributed by atoms with Crippen LogP contribution in [-0.2, 0) is 0 Å². The van der Waals surface area contributed by atoms with Gasteiger partial charge in [0, 0.05) is 0 Å². The maximum absolute atomic E-state index is 5.29. The van der Waals surface area contributed by atoms with Gasteiger partial charge in [-0.3, -0.25) is 0 Å². The quantitative estimate of drug-likeness (QED) is 0.287. The van der Waals surface area contributed by atoms with Gasteiger partial charge in [-0.1, -0.05) is 0 Å². The van der Waals surface area contributed by atoms with Crippen molar-refractivity contribution in [3.8, 4) is 0 Å². The number of hydrogen-bond donors (Lipinski definition) is 1. The van der Waals surface area contributed by atoms with Crippen molar-refractivity contribution >= 4 is 45.4 Å². The fourth-order valence-electron chi connectivity index (χ4n) is 0.173. The molecule has 0 spiro atoms. The van der Waals surface area contributed by atoms with E-state index in [1.165, 1.54) is 0 Å². The topological polar surface area (TPSA) is 50.7 Å². The highest BCUT2D eigenvalue weighted by molar-refractivity contribution is 6.71. The Morgan fingerprint density at radius 2 is 2.00 bits per heavy atom. The van der Waals surface area contributed by atoms with Gasteiger partial charge in [-0.2, -0.15) is 4.99 Å². The normalized spacial score (nSPS) is 14.1. The molecule has 0 atom stereocenters. The summed E-state index contributed by atoms with van der Waals surface area (Å²) in [7, 11) is 0. The lowest BCUT2D eigenvalue weighted by Gasteiger charge is -1.85. The highest BCUT2D eigenvalue weighted by atomic mass is 35.5. The molecule has 0 heterocycles. The van der Waals surface area contributed by atoms with Gasteiger partial charge in [0.2, 0.25) is 5.29 Å². The van der Waals surface area contributed by atoms with Crippen LogP contribution in [0.4, 0.5) is 0 Å². The molecule has 0 fully saturated rings. The number of amidine groups is 2. The Labute approximate surface area is 67.5 Å². The summed E-state index contributed by atoms with van der Waals surface area (Å²) >= 11 is 15.6. The molecule has 0 rings (SSSR count). The third-order valence-electron chi connectivity index (χ3n) is 0.389. The SMILES string of the molecule is N/C(Cl)=N\C(Cl)=N/CCl. The van der Waals surface area contributed by atoms with E-state index >= 15 is 0 Å². The Bertz CT molecular complexity index is 137. The minimum absolute atomic E-state index is 0.0440. The van der Waals surface area contributed by atoms with E-state index in [1.54, 1.807) is 0 Å². The summed E-state index contributed by atoms with van der Waals surface area (Å²) in [4.78, 5) is 6.82. The second-order valence-corrected chi connectivity index (χ2v) is 1.95. The number of nitrogens with zero attached hydrogens (tertiary/aromatic N) is 2. The largest absolute Gasteiger partial charge is 0.374 e. The first kappa shape index (κ1) is 9.01. The molecule has 0 unspecified atom stereocenters. The average molecular weight is 188 g/mol. The molecule has 0 amide bonds. The maximum Gasteiger partial charge on any atom is 0.221 e. The molecule has 0 aromatic rings. The van der Waals surface area contributed by atoms with E-state index in [9.17, 15) is 0 Å². The molecular formula is C3H4Cl3N3. The van der Waals surface area contributed by atoms with E-state index in [1.807, 2.05) is 0 Å². The smallest absolute Gasteiger partial charge is 0.221 e. The summed E-state index contributed by atoms with van der Waals surface area (Å²) in [5.74, 6) is 0. The van der Waals surface area contributed by atoms with Crippen LogP contribution in [0.25, 0.3) is 0 Å². The third-order valence-corrected chi connectivity index (χ3v) is 0.797. The van der Waals surface area contributed by atoms with Crippen LogP contribution in [0, 0.1) is 0 Å². The molecular weight excluding hydrogens is 184 g/mol. The maximum atomic E-state index is 5.29. The fraction of sp³-hybridized carbons (Fsp3) is 0.333. The van der Waals surface area contributed by atoms with Gasteiger partial charge in [0.05, 0.1) is 0 Å². The van der Waals surface area contributed by atoms with Crippen LogP contribution in [0.2, 0.25) is 0 Å². The number of hydrogen-bond acceptors (Lipinski definition) is 1. The van der Waals surface area contributed by atoms with Gasteiger partial charge in [0.15, 0.2) is 5.29 Å². The van der Waals surface area contributed by atoms with Crippen molar-refractivity contribution in [2.75, 3.05) is 6.00 Å². The number of halogens is 3. The van der Waals surface area contributed by atoms with Gasteiger partial charge in [0.1, 0.15) is 6.00 Å². The van der Waals surface area contributed by atoms with Crippen molar-refractivity contribution in [1.82, 2.24) is 0 Å². The zero-order valence-corrected chi connectivity index (χ0v) is 6.58. The van der Waals surface area contributed by atoms with Crippen LogP contribution in [-0.4, -0.2) is 16.6 Å². The minimum Gasteiger partial charge on any atom is -0.374 e. The summed E-state index contributed by atoms with van der Waals surface area (Å²) in [5, 5.41) is -0.202. The zero-order valence-electron chi connectivity index (χ0n) is 4.31. The van der Waals surface area contributed by atoms with Crippen molar-refractivity contribution in [3.05, 3.63) is 0 Å². The zero-order chi connectivity index (χ0) is 7.28. The van der Waals surface area contributed by atoms with Crippen molar-refractivity contribution in [2.45, 2.75) is 0 Å². The van der Waals surface area contributed by atoms with Gasteiger partial charge in [-0.15, -0.1) is 11.6 Å². The molecule has 3 nitrogen and oxygen atoms in total. The van der Waals surface area contributed by atoms with Crippen LogP contribution in [0.5, 0.6) is 0 Å². The molecule has 0 saturated carbocycles. The Balaban J connectivity index is 3.90. The Hall–Kier alpha value is 0.01000. The van der Waals surface area contributed by atoms with E-state index in [0.717, 1.165) is 0 Å². The molecule has 0 bridgehead atoms. The predicted molar refractivity (Wildman–Crippen MR) is 41.5 cm³/mol. The standard InChI is InChI=1S/C3H4Cl3N3/c4-1-8-3(6)9-2(5)7/h1H2,(H2,7,8,9). The molecule has 6 heteroatoms. The van der Waals surface area contributed by atoms with Crippen molar-refractivity contribution in [3.63, 3.8) is 0 Å². The van der Waals surface area contributed by atoms with Crippen molar-refractivity contribution in [1.29, 1.82) is 0 Å². The Morgan fingerprint density at radius 1 is 1.44 bits per heavy atom. The van der Waals surface area contributed by atoms with Gasteiger partial charge < -0.3 is 5.73 Å². The lowest BCUT2D eigenvalue weighted by atomic mass is 11.1. The highest BCUT2D eigenvalue weighted by Crippen LogP contribution is 1.91. The minimum atomic E-state index is -0.158. The highest BCUT2D eigenvalue weighted by Gasteiger charge is 1.87. The summed E-state index contributed by atoms with van der Waals surface area (Å²) < 4.78 is 0. The number of rotatable bonds is 1. The Morgan fingerprint density at radius 3 is 2.33 bits per heavy atom. The fourth-order valence-corrected chi connectivity index (χ4v) is 0.621. The molecule has 0 radical (unpaired) electrons. The van der Waals surface area contributed by atoms with E-state index in [-0.39, 0.29) is 16.6 Å². The summed E-state index contributed by atoms with van der Waals surface area (Å²) in [5.41, 5.74) is 4.93. The second kappa shape index (κ2) is 4.85. The summed E-state index contributed by atoms with van der Waals surface area (Å²) in [6, 6.07) is 0.0481. The first-order valence-electron chi connectivity index (χ1n) is 1.92. The van der Waals surface area contributed by atoms with E-state index in [4.69, 9.17) is 40.5 Å². The van der Waals surface area contributed by atoms with Crippen LogP contribution < -0.4 is 5.73 Å². The van der Waals surface area contributed by atoms with Crippen LogP contribution in [0.3, 0.4) is 0 Å². The predicted octanol–water partition coefficient (Wildman–Crippen LogP) is 1.33. The molecule has 0 aliphatic carbocycles. The monoisotopic (exact) mass is 187 g/mol. The van der Waals surface area contributed by atoms with Crippen LogP contribution in [0.15, 0.2) is 9.98 Å². The van der Waals surface area contributed by atoms with Crippen molar-refractivity contribution < 1.29 is 0 Å². The molecule has 2 N–H and O–H groups in total. The molecule has 0 saturated heterocycles. The van der Waals surface area contributed by atoms with Gasteiger partial charge >= 0.3 is 0 Å². The molecule has 0 aliphatic rings. The third kappa shape index (κ3) is 5.89. The average Bonchev–Trinajstić information content (AvgIpc) is 1.63. The number of aliphatic imine (C=N–C) groups is 2. The number of alkyl halides is 1. The van der Waals surface area contributed by atoms with E-state index in [0.29, 0.717) is 0 Å². The first-order chi connectivity index (χ1) is 4.16. The van der Waals surface area contributed by atoms with Crippen LogP contribution in [0.1, 0.15) is 0 Å². The summed E-state index contributed by atoms with van der Waals surface area (Å²) in [6.07, 6.45) is 0. The van der Waals surface area contributed by atoms with Gasteiger partial charge in [-0.05, 0) is 23.2 Å². The Kier molecular flexibility index (Phi) is 4.85.